The maximum absolute atomic E-state index is 12.5. The van der Waals surface area contributed by atoms with Gasteiger partial charge in [0.2, 0.25) is 0 Å². The number of hydrogen-bond acceptors (Lipinski definition) is 4. The number of anilines is 1. The van der Waals surface area contributed by atoms with Crippen LogP contribution < -0.4 is 10.5 Å². The van der Waals surface area contributed by atoms with Crippen molar-refractivity contribution in [3.63, 3.8) is 0 Å². The normalized spacial score (nSPS) is 10.4. The Kier molecular flexibility index (Phi) is 3.39. The Bertz CT molecular complexity index is 602. The fourth-order valence-corrected chi connectivity index (χ4v) is 2.87. The van der Waals surface area contributed by atoms with Crippen LogP contribution in [0.3, 0.4) is 0 Å². The molecule has 0 saturated carbocycles. The van der Waals surface area contributed by atoms with Crippen LogP contribution in [0.25, 0.3) is 0 Å². The Morgan fingerprint density at radius 1 is 1.33 bits per heavy atom. The molecule has 0 atom stereocenters. The van der Waals surface area contributed by atoms with Gasteiger partial charge in [-0.3, -0.25) is 4.79 Å². The predicted molar refractivity (Wildman–Crippen MR) is 74.6 cm³/mol. The average molecular weight is 261 g/mol. The van der Waals surface area contributed by atoms with Gasteiger partial charge in [0.05, 0.1) is 12.7 Å². The molecule has 2 aromatic rings. The Morgan fingerprint density at radius 3 is 2.61 bits per heavy atom. The molecular weight excluding hydrogens is 246 g/mol. The van der Waals surface area contributed by atoms with Gasteiger partial charge in [-0.25, -0.2) is 0 Å². The van der Waals surface area contributed by atoms with Crippen LogP contribution in [-0.2, 0) is 0 Å². The number of hydrogen-bond donors (Lipinski definition) is 1. The lowest BCUT2D eigenvalue weighted by Crippen LogP contribution is -2.07. The van der Waals surface area contributed by atoms with Gasteiger partial charge in [-0.15, -0.1) is 11.3 Å². The van der Waals surface area contributed by atoms with E-state index in [2.05, 4.69) is 0 Å². The van der Waals surface area contributed by atoms with Gasteiger partial charge in [0.15, 0.2) is 5.78 Å². The molecule has 94 valence electrons. The van der Waals surface area contributed by atoms with E-state index in [1.807, 2.05) is 19.9 Å². The molecule has 1 heterocycles. The van der Waals surface area contributed by atoms with E-state index in [4.69, 9.17) is 10.5 Å². The summed E-state index contributed by atoms with van der Waals surface area (Å²) in [5.74, 6) is 0.440. The van der Waals surface area contributed by atoms with Gasteiger partial charge < -0.3 is 10.5 Å². The third-order valence-electron chi connectivity index (χ3n) is 2.79. The Labute approximate surface area is 110 Å². The summed E-state index contributed by atoms with van der Waals surface area (Å²) in [6.45, 7) is 3.93. The van der Waals surface area contributed by atoms with Gasteiger partial charge in [0, 0.05) is 21.0 Å². The number of benzene rings is 1. The highest BCUT2D eigenvalue weighted by atomic mass is 32.1. The van der Waals surface area contributed by atoms with E-state index in [-0.39, 0.29) is 5.78 Å². The van der Waals surface area contributed by atoms with Crippen molar-refractivity contribution in [2.24, 2.45) is 0 Å². The van der Waals surface area contributed by atoms with Crippen LogP contribution in [-0.4, -0.2) is 12.9 Å². The summed E-state index contributed by atoms with van der Waals surface area (Å²) >= 11 is 1.61. The number of thiophene rings is 1. The monoisotopic (exact) mass is 261 g/mol. The number of nitrogen functional groups attached to an aromatic ring is 1. The number of rotatable bonds is 3. The zero-order valence-corrected chi connectivity index (χ0v) is 11.4. The van der Waals surface area contributed by atoms with Crippen LogP contribution in [0.2, 0.25) is 0 Å². The molecule has 4 heteroatoms. The minimum Gasteiger partial charge on any atom is -0.496 e. The fraction of sp³-hybridized carbons (Fsp3) is 0.214. The van der Waals surface area contributed by atoms with Gasteiger partial charge in [-0.2, -0.15) is 0 Å². The van der Waals surface area contributed by atoms with Gasteiger partial charge in [-0.05, 0) is 32.0 Å². The van der Waals surface area contributed by atoms with Crippen molar-refractivity contribution in [1.29, 1.82) is 0 Å². The lowest BCUT2D eigenvalue weighted by molar-refractivity contribution is 0.103. The van der Waals surface area contributed by atoms with Crippen LogP contribution in [0.4, 0.5) is 5.69 Å². The molecule has 0 radical (unpaired) electrons. The van der Waals surface area contributed by atoms with E-state index in [0.717, 1.165) is 9.75 Å². The van der Waals surface area contributed by atoms with Crippen molar-refractivity contribution in [2.75, 3.05) is 12.8 Å². The van der Waals surface area contributed by atoms with Crippen LogP contribution >= 0.6 is 11.3 Å². The number of nitrogens with two attached hydrogens (primary N) is 1. The van der Waals surface area contributed by atoms with Crippen molar-refractivity contribution in [2.45, 2.75) is 13.8 Å². The number of ketones is 1. The van der Waals surface area contributed by atoms with E-state index < -0.39 is 0 Å². The standard InChI is InChI=1S/C14H15NO2S/c1-8-7-10(9(2)18-8)14(16)13-11(15)5-4-6-12(13)17-3/h4-7H,15H2,1-3H3. The van der Waals surface area contributed by atoms with Crippen LogP contribution in [0.1, 0.15) is 25.7 Å². The lowest BCUT2D eigenvalue weighted by atomic mass is 10.0. The van der Waals surface area contributed by atoms with E-state index >= 15 is 0 Å². The number of carbonyl (C=O) groups excluding carboxylic acids is 1. The molecule has 1 aromatic carbocycles. The molecule has 0 unspecified atom stereocenters. The van der Waals surface area contributed by atoms with Gasteiger partial charge in [-0.1, -0.05) is 6.07 Å². The first-order valence-corrected chi connectivity index (χ1v) is 6.40. The molecular formula is C14H15NO2S. The van der Waals surface area contributed by atoms with E-state index in [9.17, 15) is 4.79 Å². The third-order valence-corrected chi connectivity index (χ3v) is 3.76. The zero-order chi connectivity index (χ0) is 13.3. The molecule has 0 aliphatic rings. The summed E-state index contributed by atoms with van der Waals surface area (Å²) in [6, 6.07) is 7.13. The van der Waals surface area contributed by atoms with Gasteiger partial charge >= 0.3 is 0 Å². The second-order valence-corrected chi connectivity index (χ2v) is 5.54. The van der Waals surface area contributed by atoms with Crippen molar-refractivity contribution >= 4 is 22.8 Å². The van der Waals surface area contributed by atoms with Crippen molar-refractivity contribution in [3.05, 3.63) is 45.1 Å². The highest BCUT2D eigenvalue weighted by Gasteiger charge is 2.20. The molecule has 0 amide bonds. The highest BCUT2D eigenvalue weighted by Crippen LogP contribution is 2.30. The van der Waals surface area contributed by atoms with Crippen molar-refractivity contribution in [3.8, 4) is 5.75 Å². The summed E-state index contributed by atoms with van der Waals surface area (Å²) < 4.78 is 5.22. The summed E-state index contributed by atoms with van der Waals surface area (Å²) in [6.07, 6.45) is 0. The fourth-order valence-electron chi connectivity index (χ4n) is 1.95. The second-order valence-electron chi connectivity index (χ2n) is 4.08. The molecule has 0 fully saturated rings. The van der Waals surface area contributed by atoms with E-state index in [0.29, 0.717) is 22.6 Å². The first-order valence-electron chi connectivity index (χ1n) is 5.58. The molecule has 1 aromatic heterocycles. The minimum absolute atomic E-state index is 0.0770. The largest absolute Gasteiger partial charge is 0.496 e. The quantitative estimate of drug-likeness (QED) is 0.682. The summed E-state index contributed by atoms with van der Waals surface area (Å²) in [7, 11) is 1.54. The second kappa shape index (κ2) is 4.82. The SMILES string of the molecule is COc1cccc(N)c1C(=O)c1cc(C)sc1C. The number of aryl methyl sites for hydroxylation is 2. The number of methoxy groups -OCH3 is 1. The Morgan fingerprint density at radius 2 is 2.06 bits per heavy atom. The average Bonchev–Trinajstić information content (AvgIpc) is 2.67. The maximum Gasteiger partial charge on any atom is 0.199 e. The molecule has 18 heavy (non-hydrogen) atoms. The summed E-state index contributed by atoms with van der Waals surface area (Å²) in [5, 5.41) is 0. The van der Waals surface area contributed by atoms with E-state index in [1.165, 1.54) is 7.11 Å². The highest BCUT2D eigenvalue weighted by molar-refractivity contribution is 7.12. The summed E-state index contributed by atoms with van der Waals surface area (Å²) in [4.78, 5) is 14.6. The first kappa shape index (κ1) is 12.6. The molecule has 0 aliphatic carbocycles. The minimum atomic E-state index is -0.0770. The zero-order valence-electron chi connectivity index (χ0n) is 10.6. The third kappa shape index (κ3) is 2.11. The Balaban J connectivity index is 2.56. The molecule has 2 N–H and O–H groups in total. The molecule has 3 nitrogen and oxygen atoms in total. The van der Waals surface area contributed by atoms with Crippen molar-refractivity contribution in [1.82, 2.24) is 0 Å². The van der Waals surface area contributed by atoms with Crippen LogP contribution in [0, 0.1) is 13.8 Å². The Hall–Kier alpha value is -1.81. The molecule has 0 spiro atoms. The first-order chi connectivity index (χ1) is 8.54. The number of carbonyl (C=O) groups is 1. The molecule has 0 saturated heterocycles. The number of ether oxygens (including phenoxy) is 1. The molecule has 0 aliphatic heterocycles. The molecule has 0 bridgehead atoms. The van der Waals surface area contributed by atoms with Crippen LogP contribution in [0.15, 0.2) is 24.3 Å². The van der Waals surface area contributed by atoms with E-state index in [1.54, 1.807) is 29.5 Å². The van der Waals surface area contributed by atoms with Crippen LogP contribution in [0.5, 0.6) is 5.75 Å². The van der Waals surface area contributed by atoms with Gasteiger partial charge in [0.1, 0.15) is 5.75 Å². The maximum atomic E-state index is 12.5. The molecule has 2 rings (SSSR count). The van der Waals surface area contributed by atoms with Gasteiger partial charge in [0.25, 0.3) is 0 Å². The summed E-state index contributed by atoms with van der Waals surface area (Å²) in [5.41, 5.74) is 7.49. The predicted octanol–water partition coefficient (Wildman–Crippen LogP) is 3.19. The van der Waals surface area contributed by atoms with Crippen molar-refractivity contribution < 1.29 is 9.53 Å². The topological polar surface area (TPSA) is 52.3 Å². The lowest BCUT2D eigenvalue weighted by Gasteiger charge is -2.09. The smallest absolute Gasteiger partial charge is 0.199 e.